The minimum Gasteiger partial charge on any atom is -0.508 e. The fourth-order valence-electron chi connectivity index (χ4n) is 7.04. The number of amides is 2. The number of esters is 2. The van der Waals surface area contributed by atoms with Gasteiger partial charge in [0.2, 0.25) is 11.8 Å². The molecule has 2 aliphatic heterocycles. The molecule has 2 aliphatic rings. The van der Waals surface area contributed by atoms with E-state index in [-0.39, 0.29) is 51.9 Å². The van der Waals surface area contributed by atoms with Crippen molar-refractivity contribution < 1.29 is 58.2 Å². The monoisotopic (exact) mass is 1320 g/mol. The number of halogens is 4. The maximum absolute atomic E-state index is 13.7. The number of aromatic carboxylic acids is 1. The highest BCUT2D eigenvalue weighted by atomic mass is 127. The Morgan fingerprint density at radius 2 is 1.47 bits per heavy atom. The molecule has 0 aromatic heterocycles. The SMILES string of the molecule is CC(=O)N[C@@H](Cc1cc(I)c(Oc2cc(I)c(O)c(I)c2)c(I)c1)C(=O)Oc1ccc2c(c1)Oc1cc(O)ccc1C21OC(=O)c2c(C(=O)O)cccc21.NCCCC[C@H](N)C(N)=O. The van der Waals surface area contributed by atoms with Crippen LogP contribution in [0.25, 0.3) is 0 Å². The van der Waals surface area contributed by atoms with Crippen LogP contribution in [0.2, 0.25) is 0 Å². The van der Waals surface area contributed by atoms with Crippen LogP contribution in [-0.2, 0) is 31.1 Å². The Labute approximate surface area is 420 Å². The van der Waals surface area contributed by atoms with Crippen LogP contribution in [0.3, 0.4) is 0 Å². The molecule has 10 N–H and O–H groups in total. The lowest BCUT2D eigenvalue weighted by atomic mass is 9.77. The van der Waals surface area contributed by atoms with Gasteiger partial charge in [0.1, 0.15) is 40.5 Å². The molecule has 0 saturated carbocycles. The smallest absolute Gasteiger partial charge is 0.341 e. The number of rotatable bonds is 13. The van der Waals surface area contributed by atoms with Crippen molar-refractivity contribution in [3.8, 4) is 40.2 Å². The van der Waals surface area contributed by atoms with E-state index in [0.717, 1.165) is 25.5 Å². The molecule has 0 bridgehead atoms. The molecule has 64 heavy (non-hydrogen) atoms. The average molecular weight is 1320 g/mol. The average Bonchev–Trinajstić information content (AvgIpc) is 3.52. The first-order valence-corrected chi connectivity index (χ1v) is 23.5. The number of nitrogens with one attached hydrogen (secondary N) is 1. The maximum atomic E-state index is 13.7. The summed E-state index contributed by atoms with van der Waals surface area (Å²) in [7, 11) is 0. The molecule has 3 atom stereocenters. The van der Waals surface area contributed by atoms with E-state index in [9.17, 15) is 39.3 Å². The van der Waals surface area contributed by atoms with Crippen LogP contribution >= 0.6 is 90.4 Å². The minimum atomic E-state index is -1.64. The van der Waals surface area contributed by atoms with E-state index >= 15 is 0 Å². The van der Waals surface area contributed by atoms with E-state index in [0.29, 0.717) is 42.7 Å². The first-order valence-electron chi connectivity index (χ1n) is 19.2. The summed E-state index contributed by atoms with van der Waals surface area (Å²) >= 11 is 8.34. The molecule has 5 aromatic rings. The highest BCUT2D eigenvalue weighted by Crippen LogP contribution is 2.57. The molecule has 1 unspecified atom stereocenters. The van der Waals surface area contributed by atoms with E-state index in [2.05, 4.69) is 50.5 Å². The Morgan fingerprint density at radius 3 is 2.08 bits per heavy atom. The van der Waals surface area contributed by atoms with Gasteiger partial charge in [-0.2, -0.15) is 0 Å². The van der Waals surface area contributed by atoms with Gasteiger partial charge in [-0.3, -0.25) is 9.59 Å². The number of benzene rings is 5. The van der Waals surface area contributed by atoms with Crippen molar-refractivity contribution in [1.29, 1.82) is 0 Å². The van der Waals surface area contributed by atoms with E-state index in [4.69, 9.17) is 36.1 Å². The lowest BCUT2D eigenvalue weighted by molar-refractivity contribution is -0.139. The fourth-order valence-corrected chi connectivity index (χ4v) is 10.9. The van der Waals surface area contributed by atoms with Gasteiger partial charge in [-0.1, -0.05) is 18.6 Å². The molecule has 0 aliphatic carbocycles. The quantitative estimate of drug-likeness (QED) is 0.0267. The van der Waals surface area contributed by atoms with E-state index < -0.39 is 47.4 Å². The lowest BCUT2D eigenvalue weighted by Gasteiger charge is -2.36. The van der Waals surface area contributed by atoms with Gasteiger partial charge < -0.3 is 56.8 Å². The number of unbranched alkanes of at least 4 members (excludes halogenated alkanes) is 1. The standard InChI is InChI=1S/C38H23I4NO11.C6H15N3O/c1-16(44)43-29(11-17-9-27(41)34(28(42)10-17)51-20-13-25(39)33(46)26(40)14-20)36(49)52-19-6-8-23-31(15-19)53-30-12-18(45)5-7-22(30)38(23)24-4-2-3-21(35(47)48)32(24)37(50)54-38;7-4-2-1-3-5(8)6(9)10/h2-10,12-15,29,45-46H,11H2,1H3,(H,43,44)(H,47,48);5H,1-4,7-8H2,(H2,9,10)/t29-,38?;5-/m00/s1. The summed E-state index contributed by atoms with van der Waals surface area (Å²) in [5.41, 5.74) is 15.2. The number of phenols is 2. The number of hydrogen-bond acceptors (Lipinski definition) is 13. The van der Waals surface area contributed by atoms with Gasteiger partial charge in [0.25, 0.3) is 0 Å². The van der Waals surface area contributed by atoms with Gasteiger partial charge in [0.15, 0.2) is 11.4 Å². The van der Waals surface area contributed by atoms with Crippen molar-refractivity contribution >= 4 is 120 Å². The van der Waals surface area contributed by atoms with Gasteiger partial charge in [0, 0.05) is 42.2 Å². The molecule has 2 amide bonds. The number of carbonyl (C=O) groups excluding carboxylic acids is 4. The summed E-state index contributed by atoms with van der Waals surface area (Å²) in [6.07, 6.45) is 2.50. The zero-order valence-corrected chi connectivity index (χ0v) is 42.1. The Balaban J connectivity index is 0.000000608. The molecule has 16 nitrogen and oxygen atoms in total. The lowest BCUT2D eigenvalue weighted by Crippen LogP contribution is -2.43. The highest BCUT2D eigenvalue weighted by Gasteiger charge is 2.54. The highest BCUT2D eigenvalue weighted by molar-refractivity contribution is 14.1. The van der Waals surface area contributed by atoms with Crippen molar-refractivity contribution in [3.63, 3.8) is 0 Å². The Hall–Kier alpha value is -4.51. The summed E-state index contributed by atoms with van der Waals surface area (Å²) in [5.74, 6) is -2.33. The van der Waals surface area contributed by atoms with Gasteiger partial charge in [0.05, 0.1) is 31.4 Å². The number of primary amides is 1. The van der Waals surface area contributed by atoms with Crippen LogP contribution < -0.4 is 36.7 Å². The third kappa shape index (κ3) is 10.6. The second-order valence-corrected chi connectivity index (χ2v) is 19.1. The summed E-state index contributed by atoms with van der Waals surface area (Å²) in [4.78, 5) is 61.8. The van der Waals surface area contributed by atoms with Crippen LogP contribution in [0.4, 0.5) is 0 Å². The first-order chi connectivity index (χ1) is 30.3. The van der Waals surface area contributed by atoms with E-state index in [1.807, 2.05) is 57.3 Å². The summed E-state index contributed by atoms with van der Waals surface area (Å²) in [6, 6.07) is 18.7. The number of hydrogen-bond donors (Lipinski definition) is 7. The molecule has 20 heteroatoms. The topological polar surface area (TPSA) is 273 Å². The zero-order valence-electron chi connectivity index (χ0n) is 33.5. The number of carboxylic acids is 1. The number of carbonyl (C=O) groups is 5. The van der Waals surface area contributed by atoms with Crippen LogP contribution in [0, 0.1) is 14.3 Å². The van der Waals surface area contributed by atoms with Crippen LogP contribution in [0.5, 0.6) is 40.2 Å². The molecular formula is C44H38I4N4O12. The first kappa shape index (κ1) is 48.9. The number of ether oxygens (including phenoxy) is 4. The zero-order chi connectivity index (χ0) is 46.6. The Kier molecular flexibility index (Phi) is 15.9. The third-order valence-electron chi connectivity index (χ3n) is 9.94. The van der Waals surface area contributed by atoms with Crippen molar-refractivity contribution in [1.82, 2.24) is 5.32 Å². The third-order valence-corrected chi connectivity index (χ3v) is 13.2. The normalized spacial score (nSPS) is 15.2. The van der Waals surface area contributed by atoms with Gasteiger partial charge >= 0.3 is 17.9 Å². The number of phenolic OH excluding ortho intramolecular Hbond substituents is 2. The van der Waals surface area contributed by atoms with Gasteiger partial charge in [-0.15, -0.1) is 0 Å². The van der Waals surface area contributed by atoms with Crippen molar-refractivity contribution in [2.24, 2.45) is 17.2 Å². The van der Waals surface area contributed by atoms with Crippen molar-refractivity contribution in [3.05, 3.63) is 127 Å². The van der Waals surface area contributed by atoms with Crippen molar-refractivity contribution in [2.45, 2.75) is 50.3 Å². The number of nitrogens with two attached hydrogens (primary N) is 3. The molecule has 334 valence electrons. The molecule has 0 saturated heterocycles. The van der Waals surface area contributed by atoms with E-state index in [1.54, 1.807) is 24.3 Å². The number of aromatic hydroxyl groups is 2. The molecule has 7 rings (SSSR count). The fraction of sp³-hybridized carbons (Fsp3) is 0.205. The second kappa shape index (κ2) is 20.8. The van der Waals surface area contributed by atoms with Crippen LogP contribution in [0.15, 0.2) is 78.9 Å². The molecule has 0 fully saturated rings. The number of fused-ring (bicyclic) bond motifs is 6. The molecular weight excluding hydrogens is 1280 g/mol. The minimum absolute atomic E-state index is 0.0442. The van der Waals surface area contributed by atoms with Gasteiger partial charge in [-0.05, 0) is 170 Å². The maximum Gasteiger partial charge on any atom is 0.341 e. The summed E-state index contributed by atoms with van der Waals surface area (Å²) in [5, 5.41) is 33.0. The Morgan fingerprint density at radius 1 is 0.828 bits per heavy atom. The molecule has 2 heterocycles. The predicted molar refractivity (Wildman–Crippen MR) is 266 cm³/mol. The summed E-state index contributed by atoms with van der Waals surface area (Å²) < 4.78 is 27.0. The van der Waals surface area contributed by atoms with Crippen LogP contribution in [0.1, 0.15) is 69.2 Å². The predicted octanol–water partition coefficient (Wildman–Crippen LogP) is 7.16. The van der Waals surface area contributed by atoms with Gasteiger partial charge in [-0.25, -0.2) is 14.4 Å². The molecule has 5 aromatic carbocycles. The Bertz CT molecular complexity index is 2650. The number of carboxylic acid groups (broad SMARTS) is 1. The molecule has 0 radical (unpaired) electrons. The van der Waals surface area contributed by atoms with E-state index in [1.165, 1.54) is 49.4 Å². The van der Waals surface area contributed by atoms with Crippen molar-refractivity contribution in [2.75, 3.05) is 6.54 Å². The van der Waals surface area contributed by atoms with Crippen LogP contribution in [-0.4, -0.2) is 63.7 Å². The largest absolute Gasteiger partial charge is 0.508 e. The molecule has 1 spiro atoms. The second-order valence-electron chi connectivity index (χ2n) is 14.4. The summed E-state index contributed by atoms with van der Waals surface area (Å²) in [6.45, 7) is 1.94.